The van der Waals surface area contributed by atoms with Gasteiger partial charge in [-0.3, -0.25) is 4.79 Å². The summed E-state index contributed by atoms with van der Waals surface area (Å²) in [5, 5.41) is 4.48. The van der Waals surface area contributed by atoms with Crippen molar-refractivity contribution in [2.24, 2.45) is 0 Å². The monoisotopic (exact) mass is 372 g/mol. The van der Waals surface area contributed by atoms with E-state index in [4.69, 9.17) is 0 Å². The minimum Gasteiger partial charge on any atom is -0.346 e. The second-order valence-corrected chi connectivity index (χ2v) is 7.94. The minimum absolute atomic E-state index is 0.0893. The lowest BCUT2D eigenvalue weighted by molar-refractivity contribution is -0.125. The Morgan fingerprint density at radius 3 is 3.19 bits per heavy atom. The molecule has 7 nitrogen and oxygen atoms in total. The van der Waals surface area contributed by atoms with Gasteiger partial charge < -0.3 is 20.1 Å². The van der Waals surface area contributed by atoms with Crippen LogP contribution in [0.25, 0.3) is 11.0 Å². The van der Waals surface area contributed by atoms with E-state index < -0.39 is 0 Å². The summed E-state index contributed by atoms with van der Waals surface area (Å²) in [6.45, 7) is 2.64. The van der Waals surface area contributed by atoms with E-state index >= 15 is 0 Å². The number of rotatable bonds is 4. The van der Waals surface area contributed by atoms with Gasteiger partial charge in [-0.2, -0.15) is 0 Å². The molecule has 0 saturated carbocycles. The first-order valence-corrected chi connectivity index (χ1v) is 10.1. The van der Waals surface area contributed by atoms with Crippen LogP contribution in [0, 0.1) is 0 Å². The van der Waals surface area contributed by atoms with Crippen LogP contribution in [0.1, 0.15) is 19.3 Å². The molecule has 1 atom stereocenters. The molecular formula is C18H24N6OS. The number of fused-ring (bicyclic) bond motifs is 1. The molecule has 138 valence electrons. The summed E-state index contributed by atoms with van der Waals surface area (Å²) in [5.74, 6) is 1.80. The van der Waals surface area contributed by atoms with Crippen LogP contribution in [0.2, 0.25) is 0 Å². The third-order valence-corrected chi connectivity index (χ3v) is 5.91. The molecule has 0 aliphatic carbocycles. The van der Waals surface area contributed by atoms with Crippen molar-refractivity contribution in [1.82, 2.24) is 25.2 Å². The van der Waals surface area contributed by atoms with Crippen LogP contribution in [0.4, 0.5) is 5.82 Å². The van der Waals surface area contributed by atoms with Gasteiger partial charge in [-0.25, -0.2) is 9.97 Å². The SMILES string of the molecule is CN(C[C@H]1CCCCN1)C(=O)C1=CN(c2ncnc3[nH]ccc23)CCS1. The Morgan fingerprint density at radius 1 is 1.42 bits per heavy atom. The van der Waals surface area contributed by atoms with Crippen molar-refractivity contribution in [3.63, 3.8) is 0 Å². The molecule has 0 bridgehead atoms. The second kappa shape index (κ2) is 7.67. The number of hydrogen-bond donors (Lipinski definition) is 2. The van der Waals surface area contributed by atoms with Crippen molar-refractivity contribution in [2.75, 3.05) is 37.3 Å². The molecule has 1 amide bonds. The molecular weight excluding hydrogens is 348 g/mol. The van der Waals surface area contributed by atoms with Gasteiger partial charge in [0.05, 0.1) is 10.3 Å². The molecule has 2 aliphatic heterocycles. The Labute approximate surface area is 157 Å². The van der Waals surface area contributed by atoms with Crippen LogP contribution >= 0.6 is 11.8 Å². The fraction of sp³-hybridized carbons (Fsp3) is 0.500. The van der Waals surface area contributed by atoms with E-state index in [0.29, 0.717) is 6.04 Å². The topological polar surface area (TPSA) is 77.2 Å². The molecule has 2 aromatic heterocycles. The maximum atomic E-state index is 12.9. The van der Waals surface area contributed by atoms with Crippen molar-refractivity contribution in [1.29, 1.82) is 0 Å². The van der Waals surface area contributed by atoms with Gasteiger partial charge in [0.25, 0.3) is 5.91 Å². The molecule has 0 radical (unpaired) electrons. The summed E-state index contributed by atoms with van der Waals surface area (Å²) < 4.78 is 0. The summed E-state index contributed by atoms with van der Waals surface area (Å²) in [7, 11) is 1.90. The van der Waals surface area contributed by atoms with E-state index in [1.807, 2.05) is 30.4 Å². The molecule has 4 rings (SSSR count). The van der Waals surface area contributed by atoms with Gasteiger partial charge in [-0.15, -0.1) is 11.8 Å². The maximum absolute atomic E-state index is 12.9. The van der Waals surface area contributed by atoms with E-state index in [1.165, 1.54) is 12.8 Å². The highest BCUT2D eigenvalue weighted by Gasteiger charge is 2.24. The summed E-state index contributed by atoms with van der Waals surface area (Å²) >= 11 is 1.62. The van der Waals surface area contributed by atoms with Crippen molar-refractivity contribution < 1.29 is 4.79 Å². The van der Waals surface area contributed by atoms with E-state index in [9.17, 15) is 4.79 Å². The molecule has 0 unspecified atom stereocenters. The standard InChI is InChI=1S/C18H24N6OS/c1-23(10-13-4-2-3-6-19-13)18(25)15-11-24(8-9-26-15)17-14-5-7-20-16(14)21-12-22-17/h5,7,11-13,19H,2-4,6,8-10H2,1H3,(H,20,21,22)/t13-/m1/s1. The number of piperidine rings is 1. The van der Waals surface area contributed by atoms with E-state index in [0.717, 1.165) is 53.6 Å². The maximum Gasteiger partial charge on any atom is 0.261 e. The highest BCUT2D eigenvalue weighted by molar-refractivity contribution is 8.04. The number of nitrogens with one attached hydrogen (secondary N) is 2. The smallest absolute Gasteiger partial charge is 0.261 e. The van der Waals surface area contributed by atoms with Crippen molar-refractivity contribution in [3.05, 3.63) is 29.7 Å². The first-order chi connectivity index (χ1) is 12.7. The average molecular weight is 372 g/mol. The lowest BCUT2D eigenvalue weighted by Crippen LogP contribution is -2.44. The Kier molecular flexibility index (Phi) is 5.12. The van der Waals surface area contributed by atoms with Gasteiger partial charge in [-0.1, -0.05) is 6.42 Å². The Morgan fingerprint density at radius 2 is 2.35 bits per heavy atom. The number of thioether (sulfide) groups is 1. The number of hydrogen-bond acceptors (Lipinski definition) is 6. The molecule has 2 aromatic rings. The molecule has 4 heterocycles. The average Bonchev–Trinajstić information content (AvgIpc) is 3.17. The Bertz CT molecular complexity index is 813. The van der Waals surface area contributed by atoms with Crippen LogP contribution in [-0.4, -0.2) is 64.2 Å². The Balaban J connectivity index is 1.50. The largest absolute Gasteiger partial charge is 0.346 e. The fourth-order valence-electron chi connectivity index (χ4n) is 3.55. The quantitative estimate of drug-likeness (QED) is 0.854. The summed E-state index contributed by atoms with van der Waals surface area (Å²) in [5.41, 5.74) is 0.815. The number of carbonyl (C=O) groups excluding carboxylic acids is 1. The second-order valence-electron chi connectivity index (χ2n) is 6.80. The number of amides is 1. The number of anilines is 1. The minimum atomic E-state index is 0.0893. The highest BCUT2D eigenvalue weighted by atomic mass is 32.2. The van der Waals surface area contributed by atoms with Gasteiger partial charge in [-0.05, 0) is 25.5 Å². The highest BCUT2D eigenvalue weighted by Crippen LogP contribution is 2.29. The van der Waals surface area contributed by atoms with E-state index in [1.54, 1.807) is 18.1 Å². The van der Waals surface area contributed by atoms with Gasteiger partial charge in [0.2, 0.25) is 0 Å². The first kappa shape index (κ1) is 17.4. The van der Waals surface area contributed by atoms with Crippen LogP contribution < -0.4 is 10.2 Å². The Hall–Kier alpha value is -2.06. The molecule has 1 fully saturated rings. The lowest BCUT2D eigenvalue weighted by Gasteiger charge is -2.30. The molecule has 1 saturated heterocycles. The summed E-state index contributed by atoms with van der Waals surface area (Å²) in [4.78, 5) is 29.4. The van der Waals surface area contributed by atoms with Gasteiger partial charge in [0, 0.05) is 44.3 Å². The van der Waals surface area contributed by atoms with Crippen molar-refractivity contribution >= 4 is 34.5 Å². The summed E-state index contributed by atoms with van der Waals surface area (Å²) in [6, 6.07) is 2.38. The molecule has 2 N–H and O–H groups in total. The molecule has 8 heteroatoms. The van der Waals surface area contributed by atoms with Crippen LogP contribution in [0.15, 0.2) is 29.7 Å². The van der Waals surface area contributed by atoms with Crippen LogP contribution in [0.5, 0.6) is 0 Å². The predicted molar refractivity (Wildman–Crippen MR) is 105 cm³/mol. The molecule has 0 aromatic carbocycles. The van der Waals surface area contributed by atoms with Crippen molar-refractivity contribution in [2.45, 2.75) is 25.3 Å². The third kappa shape index (κ3) is 3.57. The van der Waals surface area contributed by atoms with Gasteiger partial charge in [0.1, 0.15) is 17.8 Å². The number of H-pyrrole nitrogens is 1. The molecule has 2 aliphatic rings. The summed E-state index contributed by atoms with van der Waals surface area (Å²) in [6.07, 6.45) is 8.98. The van der Waals surface area contributed by atoms with E-state index in [-0.39, 0.29) is 5.91 Å². The van der Waals surface area contributed by atoms with Gasteiger partial charge in [0.15, 0.2) is 0 Å². The van der Waals surface area contributed by atoms with Crippen LogP contribution in [-0.2, 0) is 4.79 Å². The third-order valence-electron chi connectivity index (χ3n) is 4.93. The van der Waals surface area contributed by atoms with Gasteiger partial charge >= 0.3 is 0 Å². The molecule has 0 spiro atoms. The number of aromatic amines is 1. The number of aromatic nitrogens is 3. The fourth-order valence-corrected chi connectivity index (χ4v) is 4.54. The predicted octanol–water partition coefficient (Wildman–Crippen LogP) is 1.95. The first-order valence-electron chi connectivity index (χ1n) is 9.10. The number of nitrogens with zero attached hydrogens (tertiary/aromatic N) is 4. The number of likely N-dealkylation sites (N-methyl/N-ethyl adjacent to an activating group) is 1. The van der Waals surface area contributed by atoms with Crippen LogP contribution in [0.3, 0.4) is 0 Å². The normalized spacial score (nSPS) is 20.9. The van der Waals surface area contributed by atoms with E-state index in [2.05, 4.69) is 25.2 Å². The zero-order valence-corrected chi connectivity index (χ0v) is 15.8. The lowest BCUT2D eigenvalue weighted by atomic mass is 10.0. The number of carbonyl (C=O) groups is 1. The zero-order chi connectivity index (χ0) is 17.9. The zero-order valence-electron chi connectivity index (χ0n) is 14.9. The molecule has 26 heavy (non-hydrogen) atoms. The van der Waals surface area contributed by atoms with Crippen molar-refractivity contribution in [3.8, 4) is 0 Å².